The summed E-state index contributed by atoms with van der Waals surface area (Å²) in [6.07, 6.45) is 4.15. The van der Waals surface area contributed by atoms with Crippen LogP contribution in [0.2, 0.25) is 0 Å². The van der Waals surface area contributed by atoms with E-state index >= 15 is 0 Å². The van der Waals surface area contributed by atoms with E-state index in [1.165, 1.54) is 17.8 Å². The Kier molecular flexibility index (Phi) is 5.98. The van der Waals surface area contributed by atoms with Crippen LogP contribution < -0.4 is 10.0 Å². The Morgan fingerprint density at radius 2 is 2.05 bits per heavy atom. The first kappa shape index (κ1) is 16.7. The Balaban J connectivity index is 1.74. The lowest BCUT2D eigenvalue weighted by atomic mass is 9.99. The fraction of sp³-hybridized carbons (Fsp3) is 0.923. The predicted molar refractivity (Wildman–Crippen MR) is 78.9 cm³/mol. The number of methoxy groups -OCH3 is 1. The molecule has 2 aliphatic rings. The van der Waals surface area contributed by atoms with Crippen molar-refractivity contribution in [1.82, 2.24) is 14.3 Å². The molecule has 0 aromatic heterocycles. The summed E-state index contributed by atoms with van der Waals surface area (Å²) in [6.45, 7) is 2.23. The van der Waals surface area contributed by atoms with Crippen molar-refractivity contribution in [3.8, 4) is 0 Å². The van der Waals surface area contributed by atoms with E-state index in [9.17, 15) is 13.2 Å². The number of nitrogens with one attached hydrogen (secondary N) is 2. The van der Waals surface area contributed by atoms with Crippen molar-refractivity contribution in [1.29, 1.82) is 0 Å². The van der Waals surface area contributed by atoms with Crippen LogP contribution in [-0.4, -0.2) is 58.0 Å². The number of nitrogens with zero attached hydrogens (tertiary/aromatic N) is 1. The second kappa shape index (κ2) is 7.53. The first-order chi connectivity index (χ1) is 10.0. The van der Waals surface area contributed by atoms with Gasteiger partial charge in [0.05, 0.1) is 13.0 Å². The van der Waals surface area contributed by atoms with Gasteiger partial charge in [-0.2, -0.15) is 12.7 Å². The highest BCUT2D eigenvalue weighted by Gasteiger charge is 2.31. The van der Waals surface area contributed by atoms with E-state index in [-0.39, 0.29) is 11.9 Å². The predicted octanol–water partition coefficient (Wildman–Crippen LogP) is -0.152. The van der Waals surface area contributed by atoms with E-state index in [2.05, 4.69) is 10.0 Å². The lowest BCUT2D eigenvalue weighted by Gasteiger charge is -2.30. The summed E-state index contributed by atoms with van der Waals surface area (Å²) in [4.78, 5) is 11.4. The van der Waals surface area contributed by atoms with Crippen LogP contribution in [0.15, 0.2) is 0 Å². The van der Waals surface area contributed by atoms with Gasteiger partial charge in [0.2, 0.25) is 0 Å². The van der Waals surface area contributed by atoms with Crippen LogP contribution in [0.5, 0.6) is 0 Å². The van der Waals surface area contributed by atoms with Crippen molar-refractivity contribution in [2.45, 2.75) is 38.1 Å². The highest BCUT2D eigenvalue weighted by atomic mass is 32.2. The molecule has 2 N–H and O–H groups in total. The molecule has 0 saturated carbocycles. The average Bonchev–Trinajstić information content (AvgIpc) is 2.99. The Morgan fingerprint density at radius 3 is 2.62 bits per heavy atom. The molecule has 8 heteroatoms. The summed E-state index contributed by atoms with van der Waals surface area (Å²) in [5, 5.41) is 3.35. The molecule has 0 aromatic carbocycles. The summed E-state index contributed by atoms with van der Waals surface area (Å²) < 4.78 is 33.2. The normalized spacial score (nSPS) is 25.1. The quantitative estimate of drug-likeness (QED) is 0.665. The Labute approximate surface area is 126 Å². The maximum atomic E-state index is 12.2. The number of rotatable bonds is 6. The second-order valence-corrected chi connectivity index (χ2v) is 7.43. The zero-order chi connectivity index (χ0) is 15.3. The topological polar surface area (TPSA) is 87.7 Å². The van der Waals surface area contributed by atoms with Gasteiger partial charge in [0.1, 0.15) is 0 Å². The molecule has 2 fully saturated rings. The fourth-order valence-electron chi connectivity index (χ4n) is 2.96. The van der Waals surface area contributed by atoms with Crippen molar-refractivity contribution < 1.29 is 17.9 Å². The van der Waals surface area contributed by atoms with Crippen molar-refractivity contribution in [2.24, 2.45) is 5.92 Å². The minimum absolute atomic E-state index is 0.177. The molecule has 2 rings (SSSR count). The van der Waals surface area contributed by atoms with E-state index in [0.29, 0.717) is 38.5 Å². The van der Waals surface area contributed by atoms with Crippen molar-refractivity contribution in [3.05, 3.63) is 0 Å². The molecule has 0 spiro atoms. The molecule has 2 aliphatic heterocycles. The van der Waals surface area contributed by atoms with Gasteiger partial charge in [-0.25, -0.2) is 4.72 Å². The number of carbonyl (C=O) groups excluding carboxylic acids is 1. The van der Waals surface area contributed by atoms with Crippen molar-refractivity contribution >= 4 is 16.2 Å². The second-order valence-electron chi connectivity index (χ2n) is 5.68. The fourth-order valence-corrected chi connectivity index (χ4v) is 4.20. The monoisotopic (exact) mass is 319 g/mol. The van der Waals surface area contributed by atoms with Gasteiger partial charge in [-0.05, 0) is 38.6 Å². The molecule has 1 atom stereocenters. The van der Waals surface area contributed by atoms with Crippen LogP contribution in [0.3, 0.4) is 0 Å². The van der Waals surface area contributed by atoms with Crippen molar-refractivity contribution in [2.75, 3.05) is 33.3 Å². The van der Waals surface area contributed by atoms with Gasteiger partial charge in [-0.1, -0.05) is 0 Å². The van der Waals surface area contributed by atoms with E-state index in [4.69, 9.17) is 4.74 Å². The third kappa shape index (κ3) is 4.64. The average molecular weight is 319 g/mol. The van der Waals surface area contributed by atoms with Crippen LogP contribution in [0, 0.1) is 5.92 Å². The number of hydrogen-bond donors (Lipinski definition) is 2. The molecule has 2 saturated heterocycles. The molecular weight excluding hydrogens is 294 g/mol. The molecule has 21 heavy (non-hydrogen) atoms. The molecular formula is C13H25N3O4S. The van der Waals surface area contributed by atoms with Gasteiger partial charge >= 0.3 is 5.97 Å². The van der Waals surface area contributed by atoms with E-state index in [1.807, 2.05) is 0 Å². The lowest BCUT2D eigenvalue weighted by Crippen LogP contribution is -2.46. The Morgan fingerprint density at radius 1 is 1.33 bits per heavy atom. The molecule has 0 aliphatic carbocycles. The Hall–Kier alpha value is -0.700. The molecule has 0 bridgehead atoms. The molecule has 122 valence electrons. The number of carbonyl (C=O) groups is 1. The summed E-state index contributed by atoms with van der Waals surface area (Å²) in [7, 11) is -2.06. The maximum absolute atomic E-state index is 12.2. The zero-order valence-electron chi connectivity index (χ0n) is 12.5. The van der Waals surface area contributed by atoms with E-state index in [1.54, 1.807) is 0 Å². The molecule has 7 nitrogen and oxygen atoms in total. The summed E-state index contributed by atoms with van der Waals surface area (Å²) >= 11 is 0. The molecule has 0 amide bonds. The minimum Gasteiger partial charge on any atom is -0.469 e. The molecule has 1 unspecified atom stereocenters. The Bertz CT molecular complexity index is 440. The number of ether oxygens (including phenoxy) is 1. The highest BCUT2D eigenvalue weighted by Crippen LogP contribution is 2.20. The number of esters is 1. The third-order valence-corrected chi connectivity index (χ3v) is 5.88. The first-order valence-electron chi connectivity index (χ1n) is 7.59. The van der Waals surface area contributed by atoms with Gasteiger partial charge in [0.15, 0.2) is 0 Å². The van der Waals surface area contributed by atoms with Gasteiger partial charge in [-0.3, -0.25) is 4.79 Å². The van der Waals surface area contributed by atoms with Gasteiger partial charge < -0.3 is 10.1 Å². The van der Waals surface area contributed by atoms with Crippen molar-refractivity contribution in [3.63, 3.8) is 0 Å². The van der Waals surface area contributed by atoms with Gasteiger partial charge in [0.25, 0.3) is 10.2 Å². The first-order valence-corrected chi connectivity index (χ1v) is 9.03. The van der Waals surface area contributed by atoms with Gasteiger partial charge in [-0.15, -0.1) is 0 Å². The minimum atomic E-state index is -3.43. The lowest BCUT2D eigenvalue weighted by molar-refractivity contribution is -0.146. The molecule has 2 heterocycles. The van der Waals surface area contributed by atoms with Crippen LogP contribution in [0.1, 0.15) is 32.1 Å². The van der Waals surface area contributed by atoms with Crippen LogP contribution in [0.4, 0.5) is 0 Å². The highest BCUT2D eigenvalue weighted by molar-refractivity contribution is 7.87. The molecule has 0 aromatic rings. The van der Waals surface area contributed by atoms with E-state index < -0.39 is 10.2 Å². The third-order valence-electron chi connectivity index (χ3n) is 4.27. The largest absolute Gasteiger partial charge is 0.469 e. The standard InChI is InChI=1S/C13H25N3O4S/c1-20-13(17)11-5-9-16(10-6-11)21(18,19)15-8-4-12-3-2-7-14-12/h11-12,14-15H,2-10H2,1H3. The number of hydrogen-bond acceptors (Lipinski definition) is 5. The van der Waals surface area contributed by atoms with E-state index in [0.717, 1.165) is 19.4 Å². The van der Waals surface area contributed by atoms with Crippen LogP contribution in [0.25, 0.3) is 0 Å². The maximum Gasteiger partial charge on any atom is 0.308 e. The van der Waals surface area contributed by atoms with Crippen LogP contribution >= 0.6 is 0 Å². The summed E-state index contributed by atoms with van der Waals surface area (Å²) in [5.74, 6) is -0.420. The zero-order valence-corrected chi connectivity index (χ0v) is 13.3. The molecule has 0 radical (unpaired) electrons. The summed E-state index contributed by atoms with van der Waals surface area (Å²) in [6, 6.07) is 0.428. The van der Waals surface area contributed by atoms with Crippen LogP contribution in [-0.2, 0) is 19.7 Å². The summed E-state index contributed by atoms with van der Waals surface area (Å²) in [5.41, 5.74) is 0. The number of piperidine rings is 1. The SMILES string of the molecule is COC(=O)C1CCN(S(=O)(=O)NCCC2CCCN2)CC1. The smallest absolute Gasteiger partial charge is 0.308 e. The van der Waals surface area contributed by atoms with Gasteiger partial charge in [0, 0.05) is 25.7 Å².